The number of piperidine rings is 1. The van der Waals surface area contributed by atoms with Gasteiger partial charge in [-0.15, -0.1) is 0 Å². The summed E-state index contributed by atoms with van der Waals surface area (Å²) >= 11 is 0. The molecule has 6 rings (SSSR count). The van der Waals surface area contributed by atoms with Gasteiger partial charge >= 0.3 is 0 Å². The smallest absolute Gasteiger partial charge is 0.245 e. The number of fused-ring (bicyclic) bond motifs is 1. The molecule has 1 aliphatic heterocycles. The zero-order chi connectivity index (χ0) is 26.1. The van der Waals surface area contributed by atoms with Crippen molar-refractivity contribution in [3.63, 3.8) is 0 Å². The number of hydrogen-bond acceptors (Lipinski definition) is 5. The second-order valence-corrected chi connectivity index (χ2v) is 11.6. The van der Waals surface area contributed by atoms with E-state index in [4.69, 9.17) is 9.97 Å². The fraction of sp³-hybridized carbons (Fsp3) is 0.516. The summed E-state index contributed by atoms with van der Waals surface area (Å²) in [5, 5.41) is 4.94. The predicted octanol–water partition coefficient (Wildman–Crippen LogP) is 5.58. The van der Waals surface area contributed by atoms with Crippen LogP contribution in [0.4, 0.5) is 5.95 Å². The van der Waals surface area contributed by atoms with Gasteiger partial charge in [0.25, 0.3) is 0 Å². The van der Waals surface area contributed by atoms with Crippen LogP contribution in [0.15, 0.2) is 49.3 Å². The number of para-hydroxylation sites is 1. The number of nitrogens with one attached hydrogen (secondary N) is 2. The largest absolute Gasteiger partial charge is 0.360 e. The highest BCUT2D eigenvalue weighted by Crippen LogP contribution is 2.45. The number of H-pyrrole nitrogens is 1. The molecule has 0 unspecified atom stereocenters. The van der Waals surface area contributed by atoms with Crippen LogP contribution in [0.1, 0.15) is 62.8 Å². The molecule has 3 fully saturated rings. The topological polar surface area (TPSA) is 77.2 Å². The Balaban J connectivity index is 1.11. The molecule has 2 saturated carbocycles. The third-order valence-electron chi connectivity index (χ3n) is 8.93. The number of rotatable bonds is 8. The first-order valence-corrected chi connectivity index (χ1v) is 14.4. The highest BCUT2D eigenvalue weighted by molar-refractivity contribution is 5.95. The Labute approximate surface area is 225 Å². The molecule has 1 saturated heterocycles. The van der Waals surface area contributed by atoms with Gasteiger partial charge in [-0.25, -0.2) is 9.97 Å². The van der Waals surface area contributed by atoms with Crippen molar-refractivity contribution in [2.45, 2.75) is 69.4 Å². The molecule has 0 spiro atoms. The number of hydrogen-bond donors (Lipinski definition) is 2. The predicted molar refractivity (Wildman–Crippen MR) is 153 cm³/mol. The van der Waals surface area contributed by atoms with Crippen LogP contribution < -0.4 is 5.32 Å². The monoisotopic (exact) mass is 512 g/mol. The van der Waals surface area contributed by atoms with Crippen LogP contribution in [0.5, 0.6) is 0 Å². The Bertz CT molecular complexity index is 1290. The van der Waals surface area contributed by atoms with E-state index in [-0.39, 0.29) is 5.91 Å². The number of likely N-dealkylation sites (tertiary alicyclic amines) is 1. The van der Waals surface area contributed by atoms with Crippen LogP contribution in [0.25, 0.3) is 22.2 Å². The number of benzene rings is 1. The second kappa shape index (κ2) is 10.9. The summed E-state index contributed by atoms with van der Waals surface area (Å²) in [7, 11) is 2.28. The Morgan fingerprint density at radius 3 is 2.79 bits per heavy atom. The molecule has 2 aromatic heterocycles. The van der Waals surface area contributed by atoms with E-state index in [1.54, 1.807) is 0 Å². The number of aromatic nitrogens is 3. The van der Waals surface area contributed by atoms with Gasteiger partial charge in [-0.2, -0.15) is 0 Å². The van der Waals surface area contributed by atoms with E-state index in [0.29, 0.717) is 23.9 Å². The lowest BCUT2D eigenvalue weighted by atomic mass is 9.88. The van der Waals surface area contributed by atoms with Gasteiger partial charge in [0, 0.05) is 66.1 Å². The fourth-order valence-electron chi connectivity index (χ4n) is 6.54. The van der Waals surface area contributed by atoms with Gasteiger partial charge in [0.15, 0.2) is 0 Å². The first kappa shape index (κ1) is 25.1. The lowest BCUT2D eigenvalue weighted by molar-refractivity contribution is -0.127. The quantitative estimate of drug-likeness (QED) is 0.385. The molecule has 0 bridgehead atoms. The van der Waals surface area contributed by atoms with Gasteiger partial charge in [0.05, 0.1) is 5.69 Å². The van der Waals surface area contributed by atoms with Gasteiger partial charge in [0.2, 0.25) is 11.9 Å². The van der Waals surface area contributed by atoms with Crippen molar-refractivity contribution < 1.29 is 4.79 Å². The lowest BCUT2D eigenvalue weighted by Gasteiger charge is -2.39. The number of anilines is 1. The Morgan fingerprint density at radius 2 is 2.00 bits per heavy atom. The molecule has 2 atom stereocenters. The standard InChI is InChI=1S/C31H40N6O/c1-3-29(38)37-15-13-21(14-16-37)20-36(2)24-8-6-7-23(17-24)34-31-33-18-26(22-11-12-22)30(35-31)27-19-32-28-10-5-4-9-25(27)28/h3-5,9-10,18-19,21-24,32H,1,6-8,11-17,20H2,2H3,(H,33,34,35)/t23-,24+/m1/s1. The summed E-state index contributed by atoms with van der Waals surface area (Å²) in [6.07, 6.45) is 15.0. The van der Waals surface area contributed by atoms with E-state index in [1.807, 2.05) is 4.90 Å². The van der Waals surface area contributed by atoms with Crippen LogP contribution in [-0.2, 0) is 4.79 Å². The van der Waals surface area contributed by atoms with E-state index in [1.165, 1.54) is 48.3 Å². The van der Waals surface area contributed by atoms with Crippen molar-refractivity contribution >= 4 is 22.8 Å². The van der Waals surface area contributed by atoms with Gasteiger partial charge < -0.3 is 20.1 Å². The molecule has 3 heterocycles. The number of carbonyl (C=O) groups excluding carboxylic acids is 1. The SMILES string of the molecule is C=CC(=O)N1CCC(CN(C)[C@H]2CCC[C@@H](Nc3ncc(C4CC4)c(-c4c[nH]c5ccccc45)n3)C2)CC1. The van der Waals surface area contributed by atoms with Crippen molar-refractivity contribution in [2.75, 3.05) is 32.0 Å². The summed E-state index contributed by atoms with van der Waals surface area (Å²) in [5.74, 6) is 2.06. The summed E-state index contributed by atoms with van der Waals surface area (Å²) < 4.78 is 0. The van der Waals surface area contributed by atoms with Crippen molar-refractivity contribution in [1.82, 2.24) is 24.8 Å². The summed E-state index contributed by atoms with van der Waals surface area (Å²) in [6, 6.07) is 9.41. The second-order valence-electron chi connectivity index (χ2n) is 11.6. The maximum absolute atomic E-state index is 11.9. The average molecular weight is 513 g/mol. The van der Waals surface area contributed by atoms with E-state index >= 15 is 0 Å². The van der Waals surface area contributed by atoms with Crippen LogP contribution in [0, 0.1) is 5.92 Å². The van der Waals surface area contributed by atoms with Crippen LogP contribution in [-0.4, -0.2) is 69.4 Å². The minimum Gasteiger partial charge on any atom is -0.360 e. The van der Waals surface area contributed by atoms with Crippen molar-refractivity contribution in [3.05, 3.63) is 54.9 Å². The third kappa shape index (κ3) is 5.35. The number of carbonyl (C=O) groups is 1. The lowest BCUT2D eigenvalue weighted by Crippen LogP contribution is -2.45. The van der Waals surface area contributed by atoms with Crippen molar-refractivity contribution in [1.29, 1.82) is 0 Å². The highest BCUT2D eigenvalue weighted by Gasteiger charge is 2.31. The number of amides is 1. The summed E-state index contributed by atoms with van der Waals surface area (Å²) in [6.45, 7) is 6.44. The zero-order valence-electron chi connectivity index (χ0n) is 22.5. The normalized spacial score (nSPS) is 22.6. The average Bonchev–Trinajstić information content (AvgIpc) is 3.71. The molecule has 2 aliphatic carbocycles. The summed E-state index contributed by atoms with van der Waals surface area (Å²) in [4.78, 5) is 29.7. The fourth-order valence-corrected chi connectivity index (χ4v) is 6.54. The van der Waals surface area contributed by atoms with E-state index < -0.39 is 0 Å². The Morgan fingerprint density at radius 1 is 1.18 bits per heavy atom. The molecule has 2 N–H and O–H groups in total. The van der Waals surface area contributed by atoms with Gasteiger partial charge in [0.1, 0.15) is 0 Å². The molecule has 3 aromatic rings. The van der Waals surface area contributed by atoms with E-state index in [0.717, 1.165) is 62.5 Å². The minimum absolute atomic E-state index is 0.0678. The molecule has 7 nitrogen and oxygen atoms in total. The maximum Gasteiger partial charge on any atom is 0.245 e. The van der Waals surface area contributed by atoms with Gasteiger partial charge in [-0.3, -0.25) is 4.79 Å². The molecule has 0 radical (unpaired) electrons. The summed E-state index contributed by atoms with van der Waals surface area (Å²) in [5.41, 5.74) is 4.68. The highest BCUT2D eigenvalue weighted by atomic mass is 16.2. The molecule has 1 amide bonds. The minimum atomic E-state index is 0.0678. The van der Waals surface area contributed by atoms with E-state index in [2.05, 4.69) is 65.5 Å². The zero-order valence-corrected chi connectivity index (χ0v) is 22.5. The molecular formula is C31H40N6O. The molecular weight excluding hydrogens is 472 g/mol. The van der Waals surface area contributed by atoms with Crippen molar-refractivity contribution in [2.24, 2.45) is 5.92 Å². The number of aromatic amines is 1. The van der Waals surface area contributed by atoms with Crippen LogP contribution in [0.2, 0.25) is 0 Å². The number of nitrogens with zero attached hydrogens (tertiary/aromatic N) is 4. The molecule has 1 aromatic carbocycles. The molecule has 200 valence electrons. The van der Waals surface area contributed by atoms with Gasteiger partial charge in [-0.1, -0.05) is 24.8 Å². The van der Waals surface area contributed by atoms with Crippen LogP contribution >= 0.6 is 0 Å². The Hall–Kier alpha value is -3.19. The molecule has 7 heteroatoms. The molecule has 38 heavy (non-hydrogen) atoms. The molecule has 3 aliphatic rings. The maximum atomic E-state index is 11.9. The van der Waals surface area contributed by atoms with Gasteiger partial charge in [-0.05, 0) is 82.4 Å². The Kier molecular flexibility index (Phi) is 7.20. The van der Waals surface area contributed by atoms with Crippen LogP contribution in [0.3, 0.4) is 0 Å². The first-order chi connectivity index (χ1) is 18.6. The first-order valence-electron chi connectivity index (χ1n) is 14.4. The van der Waals surface area contributed by atoms with E-state index in [9.17, 15) is 4.79 Å². The third-order valence-corrected chi connectivity index (χ3v) is 8.93. The van der Waals surface area contributed by atoms with Crippen molar-refractivity contribution in [3.8, 4) is 11.3 Å².